The molecule has 6 nitrogen and oxygen atoms in total. The van der Waals surface area contributed by atoms with Gasteiger partial charge in [-0.15, -0.1) is 0 Å². The van der Waals surface area contributed by atoms with Crippen LogP contribution in [-0.4, -0.2) is 33.3 Å². The number of hydrogen-bond acceptors (Lipinski definition) is 5. The van der Waals surface area contributed by atoms with E-state index in [0.717, 1.165) is 10.9 Å². The molecule has 1 aromatic heterocycles. The number of ether oxygens (including phenoxy) is 2. The van der Waals surface area contributed by atoms with Crippen molar-refractivity contribution in [1.29, 1.82) is 0 Å². The third-order valence-electron chi connectivity index (χ3n) is 4.37. The van der Waals surface area contributed by atoms with E-state index in [-0.39, 0.29) is 22.3 Å². The quantitative estimate of drug-likeness (QED) is 0.482. The van der Waals surface area contributed by atoms with E-state index >= 15 is 0 Å². The van der Waals surface area contributed by atoms with Gasteiger partial charge < -0.3 is 9.47 Å². The minimum atomic E-state index is -3.43. The van der Waals surface area contributed by atoms with E-state index in [1.54, 1.807) is 31.5 Å². The summed E-state index contributed by atoms with van der Waals surface area (Å²) in [5, 5.41) is 1.30. The van der Waals surface area contributed by atoms with Gasteiger partial charge in [-0.2, -0.15) is 0 Å². The van der Waals surface area contributed by atoms with Crippen LogP contribution in [-0.2, 0) is 16.0 Å². The standard InChI is InChI=1S/C19H19Cl2NO5S/c1-26-13-4-7-18-15(9-13)12(3-8-19(23)27-2)11-22(18)28(24,25)14-5-6-16(20)17(21)10-14/h4-7,9-11,24-25H,3,8H2,1-2H3. The van der Waals surface area contributed by atoms with Crippen molar-refractivity contribution < 1.29 is 23.4 Å². The molecule has 150 valence electrons. The van der Waals surface area contributed by atoms with Crippen LogP contribution in [0.25, 0.3) is 10.9 Å². The second-order valence-corrected chi connectivity index (χ2v) is 8.75. The molecular weight excluding hydrogens is 425 g/mol. The van der Waals surface area contributed by atoms with Gasteiger partial charge in [0, 0.05) is 18.0 Å². The molecule has 0 unspecified atom stereocenters. The first kappa shape index (κ1) is 20.8. The summed E-state index contributed by atoms with van der Waals surface area (Å²) in [4.78, 5) is 11.8. The largest absolute Gasteiger partial charge is 0.497 e. The van der Waals surface area contributed by atoms with Crippen LogP contribution in [0.5, 0.6) is 5.75 Å². The van der Waals surface area contributed by atoms with Crippen molar-refractivity contribution in [3.63, 3.8) is 0 Å². The second-order valence-electron chi connectivity index (χ2n) is 6.03. The minimum Gasteiger partial charge on any atom is -0.497 e. The summed E-state index contributed by atoms with van der Waals surface area (Å²) >= 11 is 12.0. The van der Waals surface area contributed by atoms with Crippen molar-refractivity contribution in [2.75, 3.05) is 14.2 Å². The molecule has 0 aliphatic carbocycles. The van der Waals surface area contributed by atoms with Crippen molar-refractivity contribution in [2.45, 2.75) is 17.7 Å². The Morgan fingerprint density at radius 2 is 1.86 bits per heavy atom. The Balaban J connectivity index is 2.13. The molecule has 1 heterocycles. The number of fused-ring (bicyclic) bond motifs is 1. The number of aromatic nitrogens is 1. The maximum Gasteiger partial charge on any atom is 0.305 e. The van der Waals surface area contributed by atoms with E-state index in [9.17, 15) is 13.9 Å². The fraction of sp³-hybridized carbons (Fsp3) is 0.211. The van der Waals surface area contributed by atoms with Crippen LogP contribution < -0.4 is 4.74 Å². The predicted octanol–water partition coefficient (Wildman–Crippen LogP) is 5.64. The van der Waals surface area contributed by atoms with Crippen molar-refractivity contribution in [1.82, 2.24) is 3.97 Å². The monoisotopic (exact) mass is 443 g/mol. The number of halogens is 2. The third kappa shape index (κ3) is 3.94. The van der Waals surface area contributed by atoms with Crippen LogP contribution in [0.1, 0.15) is 12.0 Å². The lowest BCUT2D eigenvalue weighted by Gasteiger charge is -2.34. The zero-order valence-corrected chi connectivity index (χ0v) is 17.5. The number of benzene rings is 2. The molecule has 0 saturated heterocycles. The van der Waals surface area contributed by atoms with E-state index in [1.165, 1.54) is 29.3 Å². The highest BCUT2D eigenvalue weighted by molar-refractivity contribution is 8.23. The van der Waals surface area contributed by atoms with Gasteiger partial charge in [-0.1, -0.05) is 34.0 Å². The first-order chi connectivity index (χ1) is 13.3. The summed E-state index contributed by atoms with van der Waals surface area (Å²) in [6.45, 7) is 0. The Hall–Kier alpha value is -1.90. The highest BCUT2D eigenvalue weighted by atomic mass is 35.5. The highest BCUT2D eigenvalue weighted by Gasteiger charge is 2.23. The molecule has 0 spiro atoms. The fourth-order valence-corrected chi connectivity index (χ4v) is 4.71. The van der Waals surface area contributed by atoms with Crippen molar-refractivity contribution in [3.8, 4) is 5.75 Å². The van der Waals surface area contributed by atoms with E-state index in [2.05, 4.69) is 0 Å². The van der Waals surface area contributed by atoms with Crippen molar-refractivity contribution in [3.05, 3.63) is 58.2 Å². The zero-order valence-electron chi connectivity index (χ0n) is 15.2. The number of esters is 1. The van der Waals surface area contributed by atoms with Gasteiger partial charge in [0.05, 0.1) is 34.7 Å². The Morgan fingerprint density at radius 3 is 2.50 bits per heavy atom. The van der Waals surface area contributed by atoms with Crippen LogP contribution in [0.4, 0.5) is 0 Å². The molecule has 9 heteroatoms. The minimum absolute atomic E-state index is 0.165. The van der Waals surface area contributed by atoms with Gasteiger partial charge in [-0.3, -0.25) is 13.9 Å². The molecule has 0 radical (unpaired) electrons. The number of nitrogens with zero attached hydrogens (tertiary/aromatic N) is 1. The summed E-state index contributed by atoms with van der Waals surface area (Å²) in [5.74, 6) is 0.274. The van der Waals surface area contributed by atoms with Gasteiger partial charge in [0.15, 0.2) is 0 Å². The van der Waals surface area contributed by atoms with Gasteiger partial charge in [0.2, 0.25) is 0 Å². The Bertz CT molecular complexity index is 1030. The second kappa shape index (κ2) is 8.23. The van der Waals surface area contributed by atoms with Gasteiger partial charge in [0.1, 0.15) is 5.75 Å². The molecule has 0 amide bonds. The van der Waals surface area contributed by atoms with Crippen LogP contribution in [0.15, 0.2) is 47.5 Å². The van der Waals surface area contributed by atoms with E-state index in [0.29, 0.717) is 22.7 Å². The van der Waals surface area contributed by atoms with Crippen molar-refractivity contribution >= 4 is 50.8 Å². The number of methoxy groups -OCH3 is 2. The first-order valence-corrected chi connectivity index (χ1v) is 10.5. The summed E-state index contributed by atoms with van der Waals surface area (Å²) in [5.41, 5.74) is 1.35. The number of carbonyl (C=O) groups is 1. The maximum atomic E-state index is 11.6. The zero-order chi connectivity index (χ0) is 20.5. The van der Waals surface area contributed by atoms with Crippen molar-refractivity contribution in [2.24, 2.45) is 0 Å². The smallest absolute Gasteiger partial charge is 0.305 e. The maximum absolute atomic E-state index is 11.6. The molecular formula is C19H19Cl2NO5S. The molecule has 0 aliphatic rings. The normalized spacial score (nSPS) is 12.2. The summed E-state index contributed by atoms with van der Waals surface area (Å²) in [6.07, 6.45) is 2.17. The van der Waals surface area contributed by atoms with Crippen LogP contribution >= 0.6 is 34.0 Å². The van der Waals surface area contributed by atoms with Crippen LogP contribution in [0, 0.1) is 0 Å². The number of rotatable bonds is 6. The lowest BCUT2D eigenvalue weighted by Crippen LogP contribution is -2.08. The van der Waals surface area contributed by atoms with Gasteiger partial charge in [-0.25, -0.2) is 3.97 Å². The molecule has 0 saturated carbocycles. The number of carbonyl (C=O) groups excluding carboxylic acids is 1. The topological polar surface area (TPSA) is 80.9 Å². The van der Waals surface area contributed by atoms with Gasteiger partial charge in [-0.05, 0) is 48.4 Å². The van der Waals surface area contributed by atoms with Crippen LogP contribution in [0.2, 0.25) is 10.0 Å². The molecule has 0 fully saturated rings. The van der Waals surface area contributed by atoms with E-state index in [4.69, 9.17) is 32.7 Å². The Labute approximate surface area is 174 Å². The summed E-state index contributed by atoms with van der Waals surface area (Å²) in [6, 6.07) is 9.73. The molecule has 3 rings (SSSR count). The number of hydrogen-bond donors (Lipinski definition) is 2. The molecule has 0 aliphatic heterocycles. The summed E-state index contributed by atoms with van der Waals surface area (Å²) in [7, 11) is -0.551. The summed E-state index contributed by atoms with van der Waals surface area (Å²) < 4.78 is 33.4. The lowest BCUT2D eigenvalue weighted by atomic mass is 10.1. The fourth-order valence-electron chi connectivity index (χ4n) is 2.88. The van der Waals surface area contributed by atoms with Gasteiger partial charge in [0.25, 0.3) is 0 Å². The molecule has 0 bridgehead atoms. The SMILES string of the molecule is COC(=O)CCc1cn(S(O)(O)c2ccc(Cl)c(Cl)c2)c2ccc(OC)cc12. The first-order valence-electron chi connectivity index (χ1n) is 8.26. The van der Waals surface area contributed by atoms with Gasteiger partial charge >= 0.3 is 5.97 Å². The average molecular weight is 444 g/mol. The average Bonchev–Trinajstić information content (AvgIpc) is 3.06. The Kier molecular flexibility index (Phi) is 6.12. The molecule has 2 aromatic carbocycles. The number of aryl methyl sites for hydroxylation is 1. The predicted molar refractivity (Wildman–Crippen MR) is 112 cm³/mol. The van der Waals surface area contributed by atoms with Crippen LogP contribution in [0.3, 0.4) is 0 Å². The molecule has 28 heavy (non-hydrogen) atoms. The third-order valence-corrected chi connectivity index (χ3v) is 6.84. The van der Waals surface area contributed by atoms with E-state index < -0.39 is 10.8 Å². The van der Waals surface area contributed by atoms with E-state index in [1.807, 2.05) is 0 Å². The lowest BCUT2D eigenvalue weighted by molar-refractivity contribution is -0.140. The Morgan fingerprint density at radius 1 is 1.11 bits per heavy atom. The molecule has 3 aromatic rings. The molecule has 0 atom stereocenters. The highest BCUT2D eigenvalue weighted by Crippen LogP contribution is 2.53. The molecule has 2 N–H and O–H groups in total.